The molecule has 1 aliphatic rings. The molecule has 0 bridgehead atoms. The molecule has 0 heterocycles. The van der Waals surface area contributed by atoms with E-state index >= 15 is 0 Å². The van der Waals surface area contributed by atoms with Crippen LogP contribution < -0.4 is 0 Å². The quantitative estimate of drug-likeness (QED) is 0.661. The second kappa shape index (κ2) is 7.83. The van der Waals surface area contributed by atoms with Crippen LogP contribution in [0.5, 0.6) is 0 Å². The highest BCUT2D eigenvalue weighted by Gasteiger charge is 2.22. The van der Waals surface area contributed by atoms with E-state index in [1.165, 1.54) is 32.1 Å². The lowest BCUT2D eigenvalue weighted by Gasteiger charge is -2.23. The van der Waals surface area contributed by atoms with Gasteiger partial charge in [-0.2, -0.15) is 0 Å². The Kier molecular flexibility index (Phi) is 6.70. The van der Waals surface area contributed by atoms with E-state index < -0.39 is 0 Å². The minimum Gasteiger partial charge on any atom is -0.371 e. The summed E-state index contributed by atoms with van der Waals surface area (Å²) < 4.78 is 5.54. The van der Waals surface area contributed by atoms with Gasteiger partial charge in [0.1, 0.15) is 6.10 Å². The van der Waals surface area contributed by atoms with Crippen molar-refractivity contribution in [2.45, 2.75) is 71.3 Å². The summed E-state index contributed by atoms with van der Waals surface area (Å²) in [5.41, 5.74) is 0. The molecule has 0 aliphatic heterocycles. The van der Waals surface area contributed by atoms with Crippen molar-refractivity contribution >= 4 is 5.78 Å². The van der Waals surface area contributed by atoms with Crippen molar-refractivity contribution < 1.29 is 9.53 Å². The Labute approximate surface area is 99.8 Å². The molecule has 2 nitrogen and oxygen atoms in total. The summed E-state index contributed by atoms with van der Waals surface area (Å²) in [6.45, 7) is 4.73. The Morgan fingerprint density at radius 3 is 2.50 bits per heavy atom. The zero-order valence-electron chi connectivity index (χ0n) is 10.8. The van der Waals surface area contributed by atoms with E-state index in [-0.39, 0.29) is 6.10 Å². The van der Waals surface area contributed by atoms with Crippen LogP contribution in [0.25, 0.3) is 0 Å². The molecule has 0 spiro atoms. The maximum absolute atomic E-state index is 12.1. The molecule has 0 aromatic carbocycles. The first-order valence-corrected chi connectivity index (χ1v) is 6.92. The lowest BCUT2D eigenvalue weighted by molar-refractivity contribution is -0.132. The van der Waals surface area contributed by atoms with E-state index in [2.05, 4.69) is 6.92 Å². The fraction of sp³-hybridized carbons (Fsp3) is 0.929. The van der Waals surface area contributed by atoms with E-state index in [1.54, 1.807) is 0 Å². The fourth-order valence-corrected chi connectivity index (χ4v) is 2.61. The van der Waals surface area contributed by atoms with Gasteiger partial charge < -0.3 is 4.74 Å². The Hall–Kier alpha value is -0.370. The van der Waals surface area contributed by atoms with E-state index in [0.29, 0.717) is 18.3 Å². The molecule has 1 atom stereocenters. The monoisotopic (exact) mass is 226 g/mol. The lowest BCUT2D eigenvalue weighted by Crippen LogP contribution is -2.27. The van der Waals surface area contributed by atoms with Crippen molar-refractivity contribution in [2.75, 3.05) is 6.61 Å². The number of carbonyl (C=O) groups is 1. The van der Waals surface area contributed by atoms with Gasteiger partial charge >= 0.3 is 0 Å². The Bertz CT molecular complexity index is 189. The highest BCUT2D eigenvalue weighted by Crippen LogP contribution is 2.27. The largest absolute Gasteiger partial charge is 0.371 e. The molecular formula is C14H26O2. The highest BCUT2D eigenvalue weighted by molar-refractivity contribution is 5.83. The first-order chi connectivity index (χ1) is 7.77. The van der Waals surface area contributed by atoms with E-state index in [4.69, 9.17) is 4.74 Å². The molecule has 0 aromatic rings. The third kappa shape index (κ3) is 4.65. The minimum atomic E-state index is -0.128. The molecular weight excluding hydrogens is 200 g/mol. The lowest BCUT2D eigenvalue weighted by atomic mass is 9.84. The topological polar surface area (TPSA) is 26.3 Å². The summed E-state index contributed by atoms with van der Waals surface area (Å²) in [6.07, 6.45) is 9.01. The molecule has 1 aliphatic carbocycles. The van der Waals surface area contributed by atoms with Gasteiger partial charge in [-0.15, -0.1) is 0 Å². The molecule has 0 amide bonds. The average molecular weight is 226 g/mol. The normalized spacial score (nSPS) is 19.6. The van der Waals surface area contributed by atoms with Crippen LogP contribution in [-0.4, -0.2) is 18.5 Å². The van der Waals surface area contributed by atoms with E-state index in [1.807, 2.05) is 6.92 Å². The van der Waals surface area contributed by atoms with Crippen LogP contribution in [0.1, 0.15) is 65.2 Å². The molecule has 1 unspecified atom stereocenters. The third-order valence-corrected chi connectivity index (χ3v) is 3.49. The molecule has 1 fully saturated rings. The molecule has 1 rings (SSSR count). The smallest absolute Gasteiger partial charge is 0.161 e. The summed E-state index contributed by atoms with van der Waals surface area (Å²) in [6, 6.07) is 0. The van der Waals surface area contributed by atoms with Crippen molar-refractivity contribution in [2.24, 2.45) is 5.92 Å². The van der Waals surface area contributed by atoms with Gasteiger partial charge in [-0.05, 0) is 19.3 Å². The zero-order chi connectivity index (χ0) is 11.8. The third-order valence-electron chi connectivity index (χ3n) is 3.49. The summed E-state index contributed by atoms with van der Waals surface area (Å²) in [5, 5.41) is 0. The highest BCUT2D eigenvalue weighted by atomic mass is 16.5. The Morgan fingerprint density at radius 2 is 1.94 bits per heavy atom. The van der Waals surface area contributed by atoms with Gasteiger partial charge in [0, 0.05) is 13.0 Å². The van der Waals surface area contributed by atoms with Crippen LogP contribution >= 0.6 is 0 Å². The van der Waals surface area contributed by atoms with E-state index in [0.717, 1.165) is 19.3 Å². The second-order valence-electron chi connectivity index (χ2n) is 4.91. The standard InChI is InChI=1S/C14H26O2/c1-3-8-14(16-4-2)13(15)11-12-9-6-5-7-10-12/h12,14H,3-11H2,1-2H3. The second-order valence-corrected chi connectivity index (χ2v) is 4.91. The van der Waals surface area contributed by atoms with Gasteiger partial charge in [0.2, 0.25) is 0 Å². The van der Waals surface area contributed by atoms with Crippen LogP contribution in [0.4, 0.5) is 0 Å². The number of Topliss-reactive ketones (excluding diaryl/α,β-unsaturated/α-hetero) is 1. The summed E-state index contributed by atoms with van der Waals surface area (Å²) in [5.74, 6) is 0.983. The van der Waals surface area contributed by atoms with Gasteiger partial charge in [0.05, 0.1) is 0 Å². The first-order valence-electron chi connectivity index (χ1n) is 6.92. The Balaban J connectivity index is 2.34. The fourth-order valence-electron chi connectivity index (χ4n) is 2.61. The maximum atomic E-state index is 12.1. The number of ketones is 1. The number of ether oxygens (including phenoxy) is 1. The number of rotatable bonds is 7. The van der Waals surface area contributed by atoms with Crippen molar-refractivity contribution in [3.05, 3.63) is 0 Å². The molecule has 0 N–H and O–H groups in total. The van der Waals surface area contributed by atoms with Crippen molar-refractivity contribution in [3.8, 4) is 0 Å². The molecule has 16 heavy (non-hydrogen) atoms. The van der Waals surface area contributed by atoms with Crippen LogP contribution in [-0.2, 0) is 9.53 Å². The zero-order valence-corrected chi connectivity index (χ0v) is 10.8. The SMILES string of the molecule is CCCC(OCC)C(=O)CC1CCCCC1. The molecule has 0 radical (unpaired) electrons. The molecule has 0 aromatic heterocycles. The number of carbonyl (C=O) groups excluding carboxylic acids is 1. The number of hydrogen-bond acceptors (Lipinski definition) is 2. The molecule has 0 saturated heterocycles. The van der Waals surface area contributed by atoms with Crippen LogP contribution in [0.3, 0.4) is 0 Å². The summed E-state index contributed by atoms with van der Waals surface area (Å²) >= 11 is 0. The molecule has 2 heteroatoms. The van der Waals surface area contributed by atoms with Gasteiger partial charge in [-0.3, -0.25) is 4.79 Å². The first kappa shape index (κ1) is 13.7. The van der Waals surface area contributed by atoms with Crippen LogP contribution in [0, 0.1) is 5.92 Å². The van der Waals surface area contributed by atoms with Crippen LogP contribution in [0.15, 0.2) is 0 Å². The minimum absolute atomic E-state index is 0.128. The average Bonchev–Trinajstić information content (AvgIpc) is 2.30. The predicted octanol–water partition coefficient (Wildman–Crippen LogP) is 3.73. The Morgan fingerprint density at radius 1 is 1.25 bits per heavy atom. The van der Waals surface area contributed by atoms with Gasteiger partial charge in [0.25, 0.3) is 0 Å². The molecule has 1 saturated carbocycles. The number of hydrogen-bond donors (Lipinski definition) is 0. The summed E-state index contributed by atoms with van der Waals surface area (Å²) in [4.78, 5) is 12.1. The maximum Gasteiger partial charge on any atom is 0.161 e. The summed E-state index contributed by atoms with van der Waals surface area (Å²) in [7, 11) is 0. The van der Waals surface area contributed by atoms with Gasteiger partial charge in [-0.1, -0.05) is 45.4 Å². The van der Waals surface area contributed by atoms with Gasteiger partial charge in [0.15, 0.2) is 5.78 Å². The molecule has 94 valence electrons. The van der Waals surface area contributed by atoms with Crippen molar-refractivity contribution in [3.63, 3.8) is 0 Å². The van der Waals surface area contributed by atoms with Crippen molar-refractivity contribution in [1.82, 2.24) is 0 Å². The van der Waals surface area contributed by atoms with E-state index in [9.17, 15) is 4.79 Å². The van der Waals surface area contributed by atoms with Crippen molar-refractivity contribution in [1.29, 1.82) is 0 Å². The van der Waals surface area contributed by atoms with Gasteiger partial charge in [-0.25, -0.2) is 0 Å². The van der Waals surface area contributed by atoms with Crippen LogP contribution in [0.2, 0.25) is 0 Å². The predicted molar refractivity (Wildman–Crippen MR) is 66.5 cm³/mol.